The second kappa shape index (κ2) is 7.81. The number of rotatable bonds is 7. The fraction of sp³-hybridized carbons (Fsp3) is 0.368. The molecular weight excluding hydrogens is 302 g/mol. The van der Waals surface area contributed by atoms with E-state index < -0.39 is 0 Å². The van der Waals surface area contributed by atoms with Gasteiger partial charge in [0, 0.05) is 18.3 Å². The van der Waals surface area contributed by atoms with Crippen LogP contribution in [0.4, 0.5) is 4.79 Å². The second-order valence-corrected chi connectivity index (χ2v) is 5.95. The summed E-state index contributed by atoms with van der Waals surface area (Å²) >= 11 is 0. The molecule has 0 radical (unpaired) electrons. The average Bonchev–Trinajstić information content (AvgIpc) is 3.45. The van der Waals surface area contributed by atoms with Gasteiger partial charge in [0.2, 0.25) is 5.88 Å². The predicted molar refractivity (Wildman–Crippen MR) is 92.7 cm³/mol. The highest BCUT2D eigenvalue weighted by molar-refractivity contribution is 5.74. The van der Waals surface area contributed by atoms with Crippen molar-refractivity contribution in [2.75, 3.05) is 6.61 Å². The Morgan fingerprint density at radius 1 is 1.25 bits per heavy atom. The summed E-state index contributed by atoms with van der Waals surface area (Å²) in [5.74, 6) is 1.11. The highest BCUT2D eigenvalue weighted by Gasteiger charge is 2.33. The van der Waals surface area contributed by atoms with Crippen molar-refractivity contribution < 1.29 is 9.53 Å². The summed E-state index contributed by atoms with van der Waals surface area (Å²) in [5, 5.41) is 6.02. The summed E-state index contributed by atoms with van der Waals surface area (Å²) in [5.41, 5.74) is 2.03. The first-order valence-corrected chi connectivity index (χ1v) is 8.44. The Morgan fingerprint density at radius 3 is 2.75 bits per heavy atom. The molecule has 1 saturated carbocycles. The van der Waals surface area contributed by atoms with Crippen LogP contribution in [-0.4, -0.2) is 17.6 Å². The van der Waals surface area contributed by atoms with Gasteiger partial charge < -0.3 is 15.4 Å². The molecule has 0 aliphatic heterocycles. The van der Waals surface area contributed by atoms with Gasteiger partial charge in [-0.15, -0.1) is 0 Å². The Labute approximate surface area is 142 Å². The Hall–Kier alpha value is -2.56. The van der Waals surface area contributed by atoms with Crippen LogP contribution in [0.3, 0.4) is 0 Å². The number of hydrogen-bond donors (Lipinski definition) is 2. The van der Waals surface area contributed by atoms with Crippen molar-refractivity contribution >= 4 is 6.03 Å². The zero-order valence-electron chi connectivity index (χ0n) is 13.9. The standard InChI is InChI=1S/C19H23N3O2/c1-2-24-18-16(9-6-12-20-18)13-21-19(23)22-17(15-10-11-15)14-7-4-3-5-8-14/h3-9,12,15,17H,2,10-11,13H2,1H3,(H2,21,22,23). The van der Waals surface area contributed by atoms with Gasteiger partial charge in [-0.25, -0.2) is 9.78 Å². The van der Waals surface area contributed by atoms with Crippen molar-refractivity contribution in [1.29, 1.82) is 0 Å². The monoisotopic (exact) mass is 325 g/mol. The van der Waals surface area contributed by atoms with E-state index in [0.29, 0.717) is 24.9 Å². The minimum atomic E-state index is -0.165. The van der Waals surface area contributed by atoms with E-state index in [4.69, 9.17) is 4.74 Å². The Balaban J connectivity index is 1.59. The van der Waals surface area contributed by atoms with Crippen molar-refractivity contribution in [1.82, 2.24) is 15.6 Å². The normalized spacial score (nSPS) is 14.7. The number of aromatic nitrogens is 1. The third-order valence-electron chi connectivity index (χ3n) is 4.11. The van der Waals surface area contributed by atoms with Gasteiger partial charge in [0.05, 0.1) is 12.6 Å². The summed E-state index contributed by atoms with van der Waals surface area (Å²) in [6, 6.07) is 13.8. The second-order valence-electron chi connectivity index (χ2n) is 5.95. The highest BCUT2D eigenvalue weighted by Crippen LogP contribution is 2.40. The summed E-state index contributed by atoms with van der Waals surface area (Å²) < 4.78 is 5.49. The van der Waals surface area contributed by atoms with E-state index in [9.17, 15) is 4.79 Å². The van der Waals surface area contributed by atoms with Gasteiger partial charge in [-0.2, -0.15) is 0 Å². The Kier molecular flexibility index (Phi) is 5.31. The van der Waals surface area contributed by atoms with E-state index in [1.54, 1.807) is 6.20 Å². The number of benzene rings is 1. The van der Waals surface area contributed by atoms with E-state index >= 15 is 0 Å². The topological polar surface area (TPSA) is 63.2 Å². The van der Waals surface area contributed by atoms with Crippen LogP contribution in [0.2, 0.25) is 0 Å². The molecule has 0 spiro atoms. The first-order chi connectivity index (χ1) is 11.8. The quantitative estimate of drug-likeness (QED) is 0.820. The maximum Gasteiger partial charge on any atom is 0.315 e. The zero-order chi connectivity index (χ0) is 16.8. The molecule has 24 heavy (non-hydrogen) atoms. The van der Waals surface area contributed by atoms with Gasteiger partial charge in [-0.05, 0) is 37.3 Å². The number of pyridine rings is 1. The maximum absolute atomic E-state index is 12.3. The summed E-state index contributed by atoms with van der Waals surface area (Å²) in [7, 11) is 0. The molecule has 126 valence electrons. The lowest BCUT2D eigenvalue weighted by atomic mass is 10.0. The van der Waals surface area contributed by atoms with E-state index in [1.165, 1.54) is 0 Å². The van der Waals surface area contributed by atoms with Crippen LogP contribution in [0, 0.1) is 5.92 Å². The van der Waals surface area contributed by atoms with Gasteiger partial charge in [-0.1, -0.05) is 36.4 Å². The number of amides is 2. The molecule has 1 aromatic heterocycles. The molecule has 2 aromatic rings. The molecule has 1 unspecified atom stereocenters. The van der Waals surface area contributed by atoms with Gasteiger partial charge in [0.1, 0.15) is 0 Å². The minimum absolute atomic E-state index is 0.0754. The number of nitrogens with one attached hydrogen (secondary N) is 2. The van der Waals surface area contributed by atoms with Crippen molar-refractivity contribution in [2.24, 2.45) is 5.92 Å². The molecular formula is C19H23N3O2. The molecule has 0 bridgehead atoms. The minimum Gasteiger partial charge on any atom is -0.478 e. The van der Waals surface area contributed by atoms with Crippen LogP contribution in [0.25, 0.3) is 0 Å². The number of carbonyl (C=O) groups is 1. The van der Waals surface area contributed by atoms with Crippen molar-refractivity contribution in [3.05, 3.63) is 59.8 Å². The van der Waals surface area contributed by atoms with Crippen molar-refractivity contribution in [3.63, 3.8) is 0 Å². The molecule has 0 saturated heterocycles. The molecule has 5 nitrogen and oxygen atoms in total. The molecule has 5 heteroatoms. The first kappa shape index (κ1) is 16.3. The van der Waals surface area contributed by atoms with Gasteiger partial charge >= 0.3 is 6.03 Å². The number of urea groups is 1. The average molecular weight is 325 g/mol. The van der Waals surface area contributed by atoms with E-state index in [2.05, 4.69) is 27.8 Å². The number of ether oxygens (including phenoxy) is 1. The summed E-state index contributed by atoms with van der Waals surface area (Å²) in [4.78, 5) is 16.5. The van der Waals surface area contributed by atoms with Gasteiger partial charge in [0.15, 0.2) is 0 Å². The number of nitrogens with zero attached hydrogens (tertiary/aromatic N) is 1. The van der Waals surface area contributed by atoms with E-state index in [-0.39, 0.29) is 12.1 Å². The third kappa shape index (κ3) is 4.25. The molecule has 2 amide bonds. The summed E-state index contributed by atoms with van der Waals surface area (Å²) in [6.07, 6.45) is 4.01. The lowest BCUT2D eigenvalue weighted by molar-refractivity contribution is 0.235. The molecule has 1 aliphatic rings. The molecule has 1 heterocycles. The molecule has 1 atom stereocenters. The number of hydrogen-bond acceptors (Lipinski definition) is 3. The van der Waals surface area contributed by atoms with Crippen LogP contribution in [-0.2, 0) is 6.54 Å². The fourth-order valence-corrected chi connectivity index (χ4v) is 2.76. The Bertz CT molecular complexity index is 671. The van der Waals surface area contributed by atoms with Gasteiger partial charge in [-0.3, -0.25) is 0 Å². The zero-order valence-corrected chi connectivity index (χ0v) is 13.9. The smallest absolute Gasteiger partial charge is 0.315 e. The van der Waals surface area contributed by atoms with Crippen molar-refractivity contribution in [3.8, 4) is 5.88 Å². The van der Waals surface area contributed by atoms with Gasteiger partial charge in [0.25, 0.3) is 0 Å². The lowest BCUT2D eigenvalue weighted by Gasteiger charge is -2.19. The molecule has 2 N–H and O–H groups in total. The van der Waals surface area contributed by atoms with E-state index in [1.807, 2.05) is 37.3 Å². The SMILES string of the molecule is CCOc1ncccc1CNC(=O)NC(c1ccccc1)C1CC1. The molecule has 1 fully saturated rings. The molecule has 1 aromatic carbocycles. The van der Waals surface area contributed by atoms with Crippen LogP contribution in [0.1, 0.15) is 36.9 Å². The fourth-order valence-electron chi connectivity index (χ4n) is 2.76. The third-order valence-corrected chi connectivity index (χ3v) is 4.11. The Morgan fingerprint density at radius 2 is 2.04 bits per heavy atom. The lowest BCUT2D eigenvalue weighted by Crippen LogP contribution is -2.38. The predicted octanol–water partition coefficient (Wildman–Crippen LogP) is 3.43. The summed E-state index contributed by atoms with van der Waals surface area (Å²) in [6.45, 7) is 2.86. The maximum atomic E-state index is 12.3. The largest absolute Gasteiger partial charge is 0.478 e. The van der Waals surface area contributed by atoms with Crippen LogP contribution >= 0.6 is 0 Å². The van der Waals surface area contributed by atoms with E-state index in [0.717, 1.165) is 24.0 Å². The van der Waals surface area contributed by atoms with Crippen LogP contribution in [0.5, 0.6) is 5.88 Å². The van der Waals surface area contributed by atoms with Crippen LogP contribution < -0.4 is 15.4 Å². The molecule has 3 rings (SSSR count). The highest BCUT2D eigenvalue weighted by atomic mass is 16.5. The van der Waals surface area contributed by atoms with Crippen molar-refractivity contribution in [2.45, 2.75) is 32.4 Å². The van der Waals surface area contributed by atoms with Crippen LogP contribution in [0.15, 0.2) is 48.7 Å². The number of carbonyl (C=O) groups excluding carboxylic acids is 1. The first-order valence-electron chi connectivity index (χ1n) is 8.44. The molecule has 1 aliphatic carbocycles.